The van der Waals surface area contributed by atoms with Gasteiger partial charge in [-0.25, -0.2) is 0 Å². The lowest BCUT2D eigenvalue weighted by molar-refractivity contribution is 0.670. The molecular weight excluding hydrogens is 132 g/mol. The van der Waals surface area contributed by atoms with Crippen LogP contribution in [0.4, 0.5) is 0 Å². The Balaban J connectivity index is 3.43. The summed E-state index contributed by atoms with van der Waals surface area (Å²) in [6, 6.07) is 0. The minimum atomic E-state index is 0.597. The van der Waals surface area contributed by atoms with Crippen molar-refractivity contribution >= 4 is 0 Å². The molecule has 0 saturated heterocycles. The van der Waals surface area contributed by atoms with Crippen LogP contribution in [0, 0.1) is 5.92 Å². The Morgan fingerprint density at radius 1 is 1.55 bits per heavy atom. The van der Waals surface area contributed by atoms with Gasteiger partial charge < -0.3 is 0 Å². The molecule has 0 heteroatoms. The van der Waals surface area contributed by atoms with Crippen molar-refractivity contribution in [2.75, 3.05) is 0 Å². The number of hydrogen-bond donors (Lipinski definition) is 0. The molecule has 1 atom stereocenters. The third kappa shape index (κ3) is 5.90. The van der Waals surface area contributed by atoms with Gasteiger partial charge in [0, 0.05) is 0 Å². The van der Waals surface area contributed by atoms with Crippen LogP contribution in [0.25, 0.3) is 0 Å². The third-order valence-electron chi connectivity index (χ3n) is 1.90. The van der Waals surface area contributed by atoms with E-state index in [-0.39, 0.29) is 0 Å². The van der Waals surface area contributed by atoms with Crippen molar-refractivity contribution in [1.82, 2.24) is 0 Å². The summed E-state index contributed by atoms with van der Waals surface area (Å²) in [5.41, 5.74) is 1.37. The Bertz CT molecular complexity index is 122. The van der Waals surface area contributed by atoms with Crippen molar-refractivity contribution in [3.05, 3.63) is 24.8 Å². The van der Waals surface area contributed by atoms with Gasteiger partial charge in [-0.3, -0.25) is 0 Å². The highest BCUT2D eigenvalue weighted by atomic mass is 14.0. The number of hydrogen-bond acceptors (Lipinski definition) is 0. The van der Waals surface area contributed by atoms with E-state index in [2.05, 4.69) is 27.0 Å². The first kappa shape index (κ1) is 10.5. The van der Waals surface area contributed by atoms with Crippen LogP contribution in [0.15, 0.2) is 24.8 Å². The van der Waals surface area contributed by atoms with Crippen LogP contribution in [0.1, 0.15) is 39.5 Å². The van der Waals surface area contributed by atoms with Gasteiger partial charge in [0.1, 0.15) is 0 Å². The van der Waals surface area contributed by atoms with Gasteiger partial charge in [-0.2, -0.15) is 0 Å². The molecule has 0 nitrogen and oxygen atoms in total. The van der Waals surface area contributed by atoms with E-state index in [1.54, 1.807) is 0 Å². The average Bonchev–Trinajstić information content (AvgIpc) is 2.00. The summed E-state index contributed by atoms with van der Waals surface area (Å²) in [7, 11) is 0. The van der Waals surface area contributed by atoms with Crippen LogP contribution in [0.3, 0.4) is 0 Å². The van der Waals surface area contributed by atoms with E-state index in [0.717, 1.165) is 6.42 Å². The van der Waals surface area contributed by atoms with Crippen molar-refractivity contribution in [2.45, 2.75) is 39.5 Å². The van der Waals surface area contributed by atoms with Crippen LogP contribution in [-0.4, -0.2) is 0 Å². The summed E-state index contributed by atoms with van der Waals surface area (Å²) in [6.45, 7) is 12.2. The van der Waals surface area contributed by atoms with E-state index in [1.807, 2.05) is 6.08 Å². The van der Waals surface area contributed by atoms with Crippen LogP contribution >= 0.6 is 0 Å². The van der Waals surface area contributed by atoms with Gasteiger partial charge in [0.25, 0.3) is 0 Å². The van der Waals surface area contributed by atoms with Crippen LogP contribution < -0.4 is 0 Å². The summed E-state index contributed by atoms with van der Waals surface area (Å²) >= 11 is 0. The molecule has 0 heterocycles. The van der Waals surface area contributed by atoms with Crippen molar-refractivity contribution in [3.8, 4) is 0 Å². The Hall–Kier alpha value is -0.520. The monoisotopic (exact) mass is 152 g/mol. The van der Waals surface area contributed by atoms with Crippen molar-refractivity contribution in [3.63, 3.8) is 0 Å². The maximum atomic E-state index is 4.03. The van der Waals surface area contributed by atoms with E-state index in [0.29, 0.717) is 5.92 Å². The molecule has 0 saturated carbocycles. The zero-order valence-electron chi connectivity index (χ0n) is 7.90. The largest absolute Gasteiger partial charge is 0.103 e. The lowest BCUT2D eigenvalue weighted by Crippen LogP contribution is -1.91. The fourth-order valence-corrected chi connectivity index (χ4v) is 1.07. The zero-order chi connectivity index (χ0) is 8.69. The number of unbranched alkanes of at least 4 members (excludes halogenated alkanes) is 1. The fraction of sp³-hybridized carbons (Fsp3) is 0.636. The molecule has 0 rings (SSSR count). The SMILES string of the molecule is C=CC(C)CC(=C)CCCC. The molecule has 0 spiro atoms. The zero-order valence-corrected chi connectivity index (χ0v) is 7.90. The molecule has 0 bridgehead atoms. The molecule has 0 aliphatic carbocycles. The summed E-state index contributed by atoms with van der Waals surface area (Å²) < 4.78 is 0. The second kappa shape index (κ2) is 6.21. The summed E-state index contributed by atoms with van der Waals surface area (Å²) in [5.74, 6) is 0.597. The highest BCUT2D eigenvalue weighted by Gasteiger charge is 1.98. The second-order valence-electron chi connectivity index (χ2n) is 3.27. The van der Waals surface area contributed by atoms with Crippen molar-refractivity contribution < 1.29 is 0 Å². The quantitative estimate of drug-likeness (QED) is 0.506. The smallest absolute Gasteiger partial charge is 0.0227 e. The molecule has 0 aromatic rings. The molecule has 64 valence electrons. The van der Waals surface area contributed by atoms with Gasteiger partial charge >= 0.3 is 0 Å². The van der Waals surface area contributed by atoms with E-state index in [1.165, 1.54) is 24.8 Å². The predicted molar refractivity (Wildman–Crippen MR) is 52.6 cm³/mol. The topological polar surface area (TPSA) is 0 Å². The normalized spacial score (nSPS) is 12.5. The first-order valence-corrected chi connectivity index (χ1v) is 4.49. The van der Waals surface area contributed by atoms with Gasteiger partial charge in [0.05, 0.1) is 0 Å². The Kier molecular flexibility index (Phi) is 5.91. The Morgan fingerprint density at radius 2 is 2.18 bits per heavy atom. The molecule has 0 aromatic heterocycles. The van der Waals surface area contributed by atoms with Gasteiger partial charge in [-0.05, 0) is 25.2 Å². The molecule has 0 fully saturated rings. The first-order chi connectivity index (χ1) is 5.20. The highest BCUT2D eigenvalue weighted by molar-refractivity contribution is 4.97. The molecule has 0 N–H and O–H groups in total. The first-order valence-electron chi connectivity index (χ1n) is 4.49. The predicted octanol–water partition coefficient (Wildman–Crippen LogP) is 3.95. The minimum absolute atomic E-state index is 0.597. The summed E-state index contributed by atoms with van der Waals surface area (Å²) in [5, 5.41) is 0. The van der Waals surface area contributed by atoms with E-state index >= 15 is 0 Å². The number of allylic oxidation sites excluding steroid dienone is 2. The molecular formula is C11H20. The van der Waals surface area contributed by atoms with Gasteiger partial charge in [-0.15, -0.1) is 6.58 Å². The van der Waals surface area contributed by atoms with E-state index < -0.39 is 0 Å². The van der Waals surface area contributed by atoms with Crippen molar-refractivity contribution in [2.24, 2.45) is 5.92 Å². The average molecular weight is 152 g/mol. The van der Waals surface area contributed by atoms with E-state index in [4.69, 9.17) is 0 Å². The van der Waals surface area contributed by atoms with Gasteiger partial charge in [0.15, 0.2) is 0 Å². The van der Waals surface area contributed by atoms with Crippen LogP contribution in [-0.2, 0) is 0 Å². The van der Waals surface area contributed by atoms with Crippen LogP contribution in [0.2, 0.25) is 0 Å². The molecule has 1 unspecified atom stereocenters. The Labute approximate surface area is 71.0 Å². The standard InChI is InChI=1S/C11H20/c1-5-7-8-11(4)9-10(3)6-2/h6,10H,2,4-5,7-9H2,1,3H3. The lowest BCUT2D eigenvalue weighted by Gasteiger charge is -2.07. The fourth-order valence-electron chi connectivity index (χ4n) is 1.07. The van der Waals surface area contributed by atoms with E-state index in [9.17, 15) is 0 Å². The minimum Gasteiger partial charge on any atom is -0.103 e. The maximum Gasteiger partial charge on any atom is -0.0227 e. The van der Waals surface area contributed by atoms with Gasteiger partial charge in [-0.1, -0.05) is 38.5 Å². The second-order valence-corrected chi connectivity index (χ2v) is 3.27. The molecule has 0 aromatic carbocycles. The molecule has 11 heavy (non-hydrogen) atoms. The van der Waals surface area contributed by atoms with Crippen LogP contribution in [0.5, 0.6) is 0 Å². The molecule has 0 aliphatic rings. The number of rotatable bonds is 6. The van der Waals surface area contributed by atoms with Crippen molar-refractivity contribution in [1.29, 1.82) is 0 Å². The summed E-state index contributed by atoms with van der Waals surface area (Å²) in [4.78, 5) is 0. The molecule has 0 radical (unpaired) electrons. The molecule has 0 amide bonds. The third-order valence-corrected chi connectivity index (χ3v) is 1.90. The highest BCUT2D eigenvalue weighted by Crippen LogP contribution is 2.15. The summed E-state index contributed by atoms with van der Waals surface area (Å²) in [6.07, 6.45) is 6.85. The van der Waals surface area contributed by atoms with Gasteiger partial charge in [0.2, 0.25) is 0 Å². The molecule has 0 aliphatic heterocycles. The maximum absolute atomic E-state index is 4.03. The lowest BCUT2D eigenvalue weighted by atomic mass is 9.99. The Morgan fingerprint density at radius 3 is 2.64 bits per heavy atom.